The first-order valence-corrected chi connectivity index (χ1v) is 5.67. The van der Waals surface area contributed by atoms with Gasteiger partial charge >= 0.3 is 0 Å². The van der Waals surface area contributed by atoms with Crippen molar-refractivity contribution in [2.45, 2.75) is 39.0 Å². The van der Waals surface area contributed by atoms with Crippen molar-refractivity contribution in [3.63, 3.8) is 0 Å². The molecule has 76 valence electrons. The summed E-state index contributed by atoms with van der Waals surface area (Å²) in [6, 6.07) is 0. The molecule has 0 aromatic rings. The van der Waals surface area contributed by atoms with Crippen LogP contribution in [0.3, 0.4) is 0 Å². The maximum atomic E-state index is 11.5. The number of fused-ring (bicyclic) bond motifs is 1. The summed E-state index contributed by atoms with van der Waals surface area (Å²) in [7, 11) is 0. The molecule has 1 heteroatoms. The Hall–Kier alpha value is -0.770. The highest BCUT2D eigenvalue weighted by atomic mass is 16.1. The lowest BCUT2D eigenvalue weighted by atomic mass is 9.74. The molecule has 4 unspecified atom stereocenters. The minimum atomic E-state index is 0.361. The van der Waals surface area contributed by atoms with Gasteiger partial charge < -0.3 is 0 Å². The lowest BCUT2D eigenvalue weighted by Crippen LogP contribution is -2.25. The number of hydrogen-bond acceptors (Lipinski definition) is 1. The van der Waals surface area contributed by atoms with Gasteiger partial charge in [0.15, 0.2) is 0 Å². The monoisotopic (exact) mass is 190 g/mol. The third-order valence-electron chi connectivity index (χ3n) is 3.93. The lowest BCUT2D eigenvalue weighted by molar-refractivity contribution is -0.120. The molecule has 14 heavy (non-hydrogen) atoms. The van der Waals surface area contributed by atoms with Crippen molar-refractivity contribution in [1.82, 2.24) is 0 Å². The zero-order valence-electron chi connectivity index (χ0n) is 8.83. The zero-order chi connectivity index (χ0) is 10.1. The molecule has 0 spiro atoms. The molecule has 0 saturated heterocycles. The van der Waals surface area contributed by atoms with Crippen LogP contribution in [0.2, 0.25) is 0 Å². The van der Waals surface area contributed by atoms with E-state index in [0.29, 0.717) is 24.5 Å². The molecule has 0 bridgehead atoms. The maximum absolute atomic E-state index is 11.5. The molecule has 4 atom stereocenters. The van der Waals surface area contributed by atoms with Crippen LogP contribution in [0.25, 0.3) is 0 Å². The second-order valence-corrected chi connectivity index (χ2v) is 4.98. The first kappa shape index (κ1) is 9.77. The van der Waals surface area contributed by atoms with Crippen molar-refractivity contribution in [3.05, 3.63) is 0 Å². The molecule has 1 nitrogen and oxygen atoms in total. The molecule has 2 aliphatic carbocycles. The smallest absolute Gasteiger partial charge is 0.134 e. The number of terminal acetylenes is 1. The highest BCUT2D eigenvalue weighted by Crippen LogP contribution is 2.62. The normalized spacial score (nSPS) is 35.0. The van der Waals surface area contributed by atoms with E-state index in [1.54, 1.807) is 0 Å². The van der Waals surface area contributed by atoms with E-state index in [1.165, 1.54) is 12.8 Å². The molecule has 0 aliphatic heterocycles. The number of rotatable bonds is 5. The highest BCUT2D eigenvalue weighted by molar-refractivity contribution is 5.78. The number of carbonyl (C=O) groups is 1. The van der Waals surface area contributed by atoms with Crippen molar-refractivity contribution in [2.24, 2.45) is 23.7 Å². The Balaban J connectivity index is 1.68. The summed E-state index contributed by atoms with van der Waals surface area (Å²) in [5, 5.41) is 0. The Bertz CT molecular complexity index is 273. The predicted octanol–water partition coefficient (Wildman–Crippen LogP) is 2.65. The van der Waals surface area contributed by atoms with Crippen LogP contribution < -0.4 is 0 Å². The van der Waals surface area contributed by atoms with Crippen molar-refractivity contribution in [2.75, 3.05) is 0 Å². The fourth-order valence-electron chi connectivity index (χ4n) is 2.87. The van der Waals surface area contributed by atoms with Crippen LogP contribution in [0.15, 0.2) is 0 Å². The average molecular weight is 190 g/mol. The van der Waals surface area contributed by atoms with Crippen LogP contribution in [0, 0.1) is 36.0 Å². The molecule has 2 fully saturated rings. The van der Waals surface area contributed by atoms with Crippen molar-refractivity contribution >= 4 is 5.78 Å². The van der Waals surface area contributed by atoms with Gasteiger partial charge in [0, 0.05) is 19.3 Å². The second-order valence-electron chi connectivity index (χ2n) is 4.98. The molecule has 0 aromatic heterocycles. The lowest BCUT2D eigenvalue weighted by Gasteiger charge is -2.30. The Kier molecular flexibility index (Phi) is 2.63. The Morgan fingerprint density at radius 1 is 1.57 bits per heavy atom. The average Bonchev–Trinajstić information content (AvgIpc) is 2.73. The highest BCUT2D eigenvalue weighted by Gasteiger charge is 2.54. The standard InChI is InChI=1S/C13H18O/c1-3-4-5-11(14)6-9(2)12-7-10-8-13(10)12/h1,9-10,12-13H,4-8H2,2H3. The van der Waals surface area contributed by atoms with E-state index in [1.807, 2.05) is 0 Å². The quantitative estimate of drug-likeness (QED) is 0.609. The van der Waals surface area contributed by atoms with Crippen LogP contribution in [0.4, 0.5) is 0 Å². The van der Waals surface area contributed by atoms with Gasteiger partial charge in [0.1, 0.15) is 5.78 Å². The molecular weight excluding hydrogens is 172 g/mol. The summed E-state index contributed by atoms with van der Waals surface area (Å²) in [6.45, 7) is 2.23. The maximum Gasteiger partial charge on any atom is 0.134 e. The van der Waals surface area contributed by atoms with Gasteiger partial charge in [-0.3, -0.25) is 4.79 Å². The van der Waals surface area contributed by atoms with Gasteiger partial charge in [-0.25, -0.2) is 0 Å². The number of carbonyl (C=O) groups excluding carboxylic acids is 1. The van der Waals surface area contributed by atoms with Crippen molar-refractivity contribution in [1.29, 1.82) is 0 Å². The van der Waals surface area contributed by atoms with Crippen LogP contribution >= 0.6 is 0 Å². The summed E-state index contributed by atoms with van der Waals surface area (Å²) in [4.78, 5) is 11.5. The molecule has 2 rings (SSSR count). The molecular formula is C13H18O. The summed E-state index contributed by atoms with van der Waals surface area (Å²) in [5.41, 5.74) is 0. The third-order valence-corrected chi connectivity index (χ3v) is 3.93. The van der Waals surface area contributed by atoms with Crippen LogP contribution in [-0.4, -0.2) is 5.78 Å². The molecule has 0 aromatic carbocycles. The summed E-state index contributed by atoms with van der Waals surface area (Å²) >= 11 is 0. The fourth-order valence-corrected chi connectivity index (χ4v) is 2.87. The van der Waals surface area contributed by atoms with E-state index in [9.17, 15) is 4.79 Å². The van der Waals surface area contributed by atoms with Gasteiger partial charge in [-0.05, 0) is 36.5 Å². The molecule has 2 aliphatic rings. The summed E-state index contributed by atoms with van der Waals surface area (Å²) in [6.07, 6.45) is 9.91. The van der Waals surface area contributed by atoms with E-state index in [2.05, 4.69) is 12.8 Å². The van der Waals surface area contributed by atoms with Crippen LogP contribution in [-0.2, 0) is 4.79 Å². The van der Waals surface area contributed by atoms with Gasteiger partial charge in [0.25, 0.3) is 0 Å². The largest absolute Gasteiger partial charge is 0.300 e. The van der Waals surface area contributed by atoms with Crippen LogP contribution in [0.5, 0.6) is 0 Å². The van der Waals surface area contributed by atoms with Gasteiger partial charge in [-0.1, -0.05) is 6.92 Å². The first-order valence-electron chi connectivity index (χ1n) is 5.67. The van der Waals surface area contributed by atoms with Gasteiger partial charge in [-0.2, -0.15) is 0 Å². The Morgan fingerprint density at radius 3 is 2.86 bits per heavy atom. The van der Waals surface area contributed by atoms with Gasteiger partial charge in [0.2, 0.25) is 0 Å². The number of hydrogen-bond donors (Lipinski definition) is 0. The molecule has 0 heterocycles. The number of ketones is 1. The van der Waals surface area contributed by atoms with Crippen LogP contribution in [0.1, 0.15) is 39.0 Å². The SMILES string of the molecule is C#CCCC(=O)CC(C)C1CC2CC21. The van der Waals surface area contributed by atoms with E-state index >= 15 is 0 Å². The molecule has 0 amide bonds. The third kappa shape index (κ3) is 1.85. The van der Waals surface area contributed by atoms with Gasteiger partial charge in [0.05, 0.1) is 0 Å². The minimum Gasteiger partial charge on any atom is -0.300 e. The first-order chi connectivity index (χ1) is 6.72. The fraction of sp³-hybridized carbons (Fsp3) is 0.769. The zero-order valence-corrected chi connectivity index (χ0v) is 8.83. The van der Waals surface area contributed by atoms with Crippen molar-refractivity contribution in [3.8, 4) is 12.3 Å². The summed E-state index contributed by atoms with van der Waals surface area (Å²) in [5.74, 6) is 6.38. The summed E-state index contributed by atoms with van der Waals surface area (Å²) < 4.78 is 0. The Morgan fingerprint density at radius 2 is 2.36 bits per heavy atom. The molecule has 0 radical (unpaired) electrons. The second kappa shape index (κ2) is 3.77. The molecule has 2 saturated carbocycles. The van der Waals surface area contributed by atoms with E-state index in [-0.39, 0.29) is 0 Å². The number of Topliss-reactive ketones (excluding diaryl/α,β-unsaturated/α-hetero) is 1. The van der Waals surface area contributed by atoms with Gasteiger partial charge in [-0.15, -0.1) is 12.3 Å². The molecule has 0 N–H and O–H groups in total. The van der Waals surface area contributed by atoms with E-state index in [0.717, 1.165) is 24.2 Å². The minimum absolute atomic E-state index is 0.361. The predicted molar refractivity (Wildman–Crippen MR) is 56.6 cm³/mol. The van der Waals surface area contributed by atoms with E-state index < -0.39 is 0 Å². The van der Waals surface area contributed by atoms with E-state index in [4.69, 9.17) is 6.42 Å². The topological polar surface area (TPSA) is 17.1 Å². The Labute approximate surface area is 86.3 Å². The van der Waals surface area contributed by atoms with Crippen molar-refractivity contribution < 1.29 is 4.79 Å².